The van der Waals surface area contributed by atoms with E-state index in [2.05, 4.69) is 39.9 Å². The van der Waals surface area contributed by atoms with E-state index in [9.17, 15) is 4.79 Å². The van der Waals surface area contributed by atoms with Crippen LogP contribution in [0.15, 0.2) is 0 Å². The maximum absolute atomic E-state index is 12.4. The molecule has 0 saturated carbocycles. The predicted molar refractivity (Wildman–Crippen MR) is 76.5 cm³/mol. The molecule has 0 bridgehead atoms. The first-order valence-corrected chi connectivity index (χ1v) is 7.44. The van der Waals surface area contributed by atoms with Gasteiger partial charge in [0.1, 0.15) is 0 Å². The third kappa shape index (κ3) is 4.60. The van der Waals surface area contributed by atoms with E-state index in [0.717, 1.165) is 13.1 Å². The van der Waals surface area contributed by atoms with Gasteiger partial charge in [0.2, 0.25) is 5.91 Å². The van der Waals surface area contributed by atoms with E-state index in [1.807, 2.05) is 4.90 Å². The van der Waals surface area contributed by atoms with Gasteiger partial charge >= 0.3 is 0 Å². The highest BCUT2D eigenvalue weighted by atomic mass is 16.2. The van der Waals surface area contributed by atoms with Crippen LogP contribution in [-0.2, 0) is 4.79 Å². The van der Waals surface area contributed by atoms with E-state index in [0.29, 0.717) is 36.2 Å². The second kappa shape index (κ2) is 7.13. The quantitative estimate of drug-likeness (QED) is 0.818. The summed E-state index contributed by atoms with van der Waals surface area (Å²) in [5.74, 6) is 1.47. The molecule has 1 rings (SSSR count). The highest BCUT2D eigenvalue weighted by Crippen LogP contribution is 2.19. The van der Waals surface area contributed by atoms with E-state index < -0.39 is 0 Å². The predicted octanol–water partition coefficient (Wildman–Crippen LogP) is 2.66. The minimum atomic E-state index is 0.304. The number of hydrogen-bond acceptors (Lipinski definition) is 2. The summed E-state index contributed by atoms with van der Waals surface area (Å²) in [6.07, 6.45) is 3.15. The Hall–Kier alpha value is -0.570. The van der Waals surface area contributed by atoms with Crippen molar-refractivity contribution in [2.45, 2.75) is 66.0 Å². The molecule has 1 heterocycles. The van der Waals surface area contributed by atoms with Gasteiger partial charge in [-0.1, -0.05) is 20.8 Å². The van der Waals surface area contributed by atoms with Crippen LogP contribution in [0.5, 0.6) is 0 Å². The average Bonchev–Trinajstić information content (AvgIpc) is 2.28. The van der Waals surface area contributed by atoms with Crippen molar-refractivity contribution in [3.05, 3.63) is 0 Å². The molecule has 1 fully saturated rings. The van der Waals surface area contributed by atoms with E-state index >= 15 is 0 Å². The third-order valence-electron chi connectivity index (χ3n) is 3.83. The van der Waals surface area contributed by atoms with E-state index in [1.165, 1.54) is 12.8 Å². The molecule has 106 valence electrons. The minimum Gasteiger partial charge on any atom is -0.340 e. The van der Waals surface area contributed by atoms with Gasteiger partial charge in [0.25, 0.3) is 0 Å². The first-order chi connectivity index (χ1) is 8.41. The van der Waals surface area contributed by atoms with Crippen LogP contribution in [0.25, 0.3) is 0 Å². The summed E-state index contributed by atoms with van der Waals surface area (Å²) >= 11 is 0. The first-order valence-electron chi connectivity index (χ1n) is 7.44. The molecule has 1 N–H and O–H groups in total. The summed E-state index contributed by atoms with van der Waals surface area (Å²) in [6, 6.07) is 0.679. The van der Waals surface area contributed by atoms with Gasteiger partial charge in [-0.3, -0.25) is 4.79 Å². The summed E-state index contributed by atoms with van der Waals surface area (Å²) < 4.78 is 0. The van der Waals surface area contributed by atoms with Crippen molar-refractivity contribution in [1.82, 2.24) is 10.2 Å². The van der Waals surface area contributed by atoms with Crippen molar-refractivity contribution >= 4 is 5.91 Å². The highest BCUT2D eigenvalue weighted by molar-refractivity contribution is 5.77. The van der Waals surface area contributed by atoms with Gasteiger partial charge in [-0.15, -0.1) is 0 Å². The molecule has 1 saturated heterocycles. The van der Waals surface area contributed by atoms with Gasteiger partial charge in [0.05, 0.1) is 0 Å². The number of rotatable bonds is 5. The zero-order chi connectivity index (χ0) is 13.7. The van der Waals surface area contributed by atoms with Crippen LogP contribution in [0, 0.1) is 11.8 Å². The number of amides is 1. The van der Waals surface area contributed by atoms with Gasteiger partial charge in [-0.05, 0) is 45.1 Å². The number of carbonyl (C=O) groups is 1. The smallest absolute Gasteiger partial charge is 0.224 e. The molecule has 0 aromatic carbocycles. The Kier molecular flexibility index (Phi) is 6.13. The Balaban J connectivity index is 2.54. The highest BCUT2D eigenvalue weighted by Gasteiger charge is 2.26. The molecule has 0 aliphatic carbocycles. The van der Waals surface area contributed by atoms with Crippen molar-refractivity contribution in [2.75, 3.05) is 13.1 Å². The zero-order valence-corrected chi connectivity index (χ0v) is 12.7. The minimum absolute atomic E-state index is 0.304. The first kappa shape index (κ1) is 15.5. The van der Waals surface area contributed by atoms with Crippen molar-refractivity contribution in [2.24, 2.45) is 11.8 Å². The monoisotopic (exact) mass is 254 g/mol. The van der Waals surface area contributed by atoms with E-state index in [1.54, 1.807) is 0 Å². The Bertz CT molecular complexity index is 263. The number of hydrogen-bond donors (Lipinski definition) is 1. The summed E-state index contributed by atoms with van der Waals surface area (Å²) in [5, 5.41) is 3.50. The molecular weight excluding hydrogens is 224 g/mol. The molecule has 0 aromatic rings. The number of carbonyl (C=O) groups excluding carboxylic acids is 1. The van der Waals surface area contributed by atoms with Crippen LogP contribution in [0.1, 0.15) is 53.9 Å². The summed E-state index contributed by atoms with van der Waals surface area (Å²) in [4.78, 5) is 14.5. The maximum Gasteiger partial charge on any atom is 0.224 e. The molecule has 2 unspecified atom stereocenters. The van der Waals surface area contributed by atoms with Gasteiger partial charge in [0.15, 0.2) is 0 Å². The molecule has 1 amide bonds. The molecule has 18 heavy (non-hydrogen) atoms. The Morgan fingerprint density at radius 2 is 2.00 bits per heavy atom. The lowest BCUT2D eigenvalue weighted by Gasteiger charge is -2.34. The number of piperidine rings is 1. The van der Waals surface area contributed by atoms with E-state index in [4.69, 9.17) is 0 Å². The molecule has 0 aromatic heterocycles. The Labute approximate surface area is 112 Å². The van der Waals surface area contributed by atoms with Crippen LogP contribution < -0.4 is 5.32 Å². The molecular formula is C15H30N2O. The molecule has 0 spiro atoms. The number of nitrogens with one attached hydrogen (secondary N) is 1. The molecule has 1 aliphatic rings. The van der Waals surface area contributed by atoms with E-state index in [-0.39, 0.29) is 0 Å². The van der Waals surface area contributed by atoms with Crippen LogP contribution in [0.2, 0.25) is 0 Å². The lowest BCUT2D eigenvalue weighted by molar-refractivity contribution is -0.134. The van der Waals surface area contributed by atoms with Crippen LogP contribution in [-0.4, -0.2) is 36.0 Å². The SMILES string of the molecule is CC(C)CN(C(=O)CC1NCCCC1C)C(C)C. The fourth-order valence-electron chi connectivity index (χ4n) is 2.69. The van der Waals surface area contributed by atoms with Gasteiger partial charge in [-0.2, -0.15) is 0 Å². The average molecular weight is 254 g/mol. The van der Waals surface area contributed by atoms with Crippen LogP contribution in [0.4, 0.5) is 0 Å². The van der Waals surface area contributed by atoms with Crippen molar-refractivity contribution in [3.8, 4) is 0 Å². The molecule has 3 nitrogen and oxygen atoms in total. The normalized spacial score (nSPS) is 24.6. The second-order valence-electron chi connectivity index (χ2n) is 6.42. The van der Waals surface area contributed by atoms with Gasteiger partial charge in [-0.25, -0.2) is 0 Å². The van der Waals surface area contributed by atoms with Crippen molar-refractivity contribution < 1.29 is 4.79 Å². The summed E-state index contributed by atoms with van der Waals surface area (Å²) in [5.41, 5.74) is 0. The molecule has 3 heteroatoms. The standard InChI is InChI=1S/C15H30N2O/c1-11(2)10-17(12(3)4)15(18)9-14-13(5)7-6-8-16-14/h11-14,16H,6-10H2,1-5H3. The lowest BCUT2D eigenvalue weighted by Crippen LogP contribution is -2.46. The lowest BCUT2D eigenvalue weighted by atomic mass is 9.90. The summed E-state index contributed by atoms with van der Waals surface area (Å²) in [7, 11) is 0. The fraction of sp³-hybridized carbons (Fsp3) is 0.933. The topological polar surface area (TPSA) is 32.3 Å². The summed E-state index contributed by atoms with van der Waals surface area (Å²) in [6.45, 7) is 12.8. The second-order valence-corrected chi connectivity index (χ2v) is 6.42. The van der Waals surface area contributed by atoms with Crippen LogP contribution >= 0.6 is 0 Å². The largest absolute Gasteiger partial charge is 0.340 e. The van der Waals surface area contributed by atoms with Crippen molar-refractivity contribution in [3.63, 3.8) is 0 Å². The Morgan fingerprint density at radius 1 is 1.33 bits per heavy atom. The van der Waals surface area contributed by atoms with Gasteiger partial charge < -0.3 is 10.2 Å². The molecule has 2 atom stereocenters. The molecule has 0 radical (unpaired) electrons. The Morgan fingerprint density at radius 3 is 2.50 bits per heavy atom. The third-order valence-corrected chi connectivity index (χ3v) is 3.83. The van der Waals surface area contributed by atoms with Crippen molar-refractivity contribution in [1.29, 1.82) is 0 Å². The van der Waals surface area contributed by atoms with Gasteiger partial charge in [0, 0.05) is 25.0 Å². The zero-order valence-electron chi connectivity index (χ0n) is 12.7. The maximum atomic E-state index is 12.4. The number of nitrogens with zero attached hydrogens (tertiary/aromatic N) is 1. The van der Waals surface area contributed by atoms with Crippen LogP contribution in [0.3, 0.4) is 0 Å². The molecule has 1 aliphatic heterocycles. The fourth-order valence-corrected chi connectivity index (χ4v) is 2.69.